The van der Waals surface area contributed by atoms with Gasteiger partial charge in [0.15, 0.2) is 15.1 Å². The molecule has 0 radical (unpaired) electrons. The van der Waals surface area contributed by atoms with Crippen LogP contribution in [0.5, 0.6) is 0 Å². The molecule has 0 spiro atoms. The van der Waals surface area contributed by atoms with Crippen molar-refractivity contribution in [3.8, 4) is 0 Å². The molecule has 9 aromatic heterocycles. The molecule has 4 fully saturated rings. The van der Waals surface area contributed by atoms with Gasteiger partial charge in [0.2, 0.25) is 0 Å². The van der Waals surface area contributed by atoms with E-state index in [-0.39, 0.29) is 101 Å². The minimum Gasteiger partial charge on any atom is -0.400 e. The maximum absolute atomic E-state index is 13.6. The maximum Gasteiger partial charge on any atom is 0.487 e. The third-order valence-corrected chi connectivity index (χ3v) is 30.8. The lowest BCUT2D eigenvalue weighted by atomic mass is 9.88. The van der Waals surface area contributed by atoms with Crippen LogP contribution in [0.1, 0.15) is 325 Å². The maximum atomic E-state index is 13.6. The van der Waals surface area contributed by atoms with Gasteiger partial charge in [-0.2, -0.15) is 25.3 Å². The van der Waals surface area contributed by atoms with Crippen LogP contribution < -0.4 is 44.8 Å². The molecular formula is C105H140BClN18O11S3. The second-order valence-electron chi connectivity index (χ2n) is 44.8. The minimum atomic E-state index is -4.27. The monoisotopic (exact) mass is 1970 g/mol. The van der Waals surface area contributed by atoms with E-state index in [0.717, 1.165) is 104 Å². The number of anilines is 6. The van der Waals surface area contributed by atoms with Crippen LogP contribution in [-0.2, 0) is 62.0 Å². The third-order valence-electron chi connectivity index (χ3n) is 26.9. The van der Waals surface area contributed by atoms with Crippen LogP contribution in [0, 0.1) is 23.7 Å². The molecule has 6 atom stereocenters. The van der Waals surface area contributed by atoms with Gasteiger partial charge in [0, 0.05) is 88.2 Å². The Balaban J connectivity index is 0.000000165. The minimum absolute atomic E-state index is 0.173. The molecular weight excluding hydrogens is 1830 g/mol. The summed E-state index contributed by atoms with van der Waals surface area (Å²) < 4.78 is 98.8. The number of nitrogens with zero attached hydrogens (tertiary/aromatic N) is 12. The Labute approximate surface area is 828 Å². The first-order valence-electron chi connectivity index (χ1n) is 48.2. The topological polar surface area (TPSA) is 370 Å². The Morgan fingerprint density at radius 1 is 0.432 bits per heavy atom. The van der Waals surface area contributed by atoms with Gasteiger partial charge in [0.25, 0.3) is 47.8 Å². The molecule has 12 bridgehead atoms. The zero-order chi connectivity index (χ0) is 101. The van der Waals surface area contributed by atoms with Gasteiger partial charge in [-0.3, -0.25) is 29.3 Å². The smallest absolute Gasteiger partial charge is 0.400 e. The van der Waals surface area contributed by atoms with Crippen molar-refractivity contribution in [3.63, 3.8) is 0 Å². The molecule has 3 unspecified atom stereocenters. The van der Waals surface area contributed by atoms with Crippen molar-refractivity contribution < 1.29 is 48.9 Å². The third kappa shape index (κ3) is 25.7. The molecule has 34 heteroatoms. The highest BCUT2D eigenvalue weighted by atomic mass is 35.5. The van der Waals surface area contributed by atoms with Crippen molar-refractivity contribution in [2.24, 2.45) is 23.7 Å². The fourth-order valence-corrected chi connectivity index (χ4v) is 21.9. The predicted molar refractivity (Wildman–Crippen MR) is 552 cm³/mol. The van der Waals surface area contributed by atoms with Crippen LogP contribution in [-0.4, -0.2) is 142 Å². The molecule has 0 aliphatic carbocycles. The summed E-state index contributed by atoms with van der Waals surface area (Å²) in [6.07, 6.45) is 16.1. The number of halogens is 1. The lowest BCUT2D eigenvalue weighted by Crippen LogP contribution is -2.41. The van der Waals surface area contributed by atoms with Gasteiger partial charge < -0.3 is 40.0 Å². The number of aromatic nitrogens is 9. The summed E-state index contributed by atoms with van der Waals surface area (Å²) in [4.78, 5) is 89.5. The van der Waals surface area contributed by atoms with Crippen molar-refractivity contribution in [1.29, 1.82) is 0 Å². The van der Waals surface area contributed by atoms with Crippen molar-refractivity contribution >= 4 is 107 Å². The Morgan fingerprint density at radius 3 is 1.05 bits per heavy atom. The summed E-state index contributed by atoms with van der Waals surface area (Å²) >= 11 is 6.10. The predicted octanol–water partition coefficient (Wildman–Crippen LogP) is 20.4. The van der Waals surface area contributed by atoms with E-state index in [2.05, 4.69) is 242 Å². The lowest BCUT2D eigenvalue weighted by Gasteiger charge is -2.34. The van der Waals surface area contributed by atoms with Crippen molar-refractivity contribution in [2.75, 3.05) is 50.3 Å². The SMILES string of the molecule is CC(C)(C)c1ccc2c(n1)N1C[C@@H](CCC(c3ccc(Cl)cn3)Nc3cccc(n3)S(=O)(=O)NC2=O)CC1(C)C.CC(C)=CB1OC(C)(C)C(C)(C)O1.CC(C)=Cc1ccc(C2CC[C@@H]3CN(c4nc(C(C)(C)C)ccc4C(=O)NS(=O)(=O)c4cccc(n4)N2)C(C)(C)C3)nc1.CC(C)Cc1ccc(C2CC[C@@H]3CN(c4nc(C(C)(C)C)ccc4C(=O)NS(=O)(=O)c4cccc(n4)N2)C(C)(C)C3)nc1. The number of sulfonamides is 3. The summed E-state index contributed by atoms with van der Waals surface area (Å²) in [5.41, 5.74) is 8.25. The zero-order valence-electron chi connectivity index (χ0n) is 85.3. The first-order valence-corrected chi connectivity index (χ1v) is 53.0. The van der Waals surface area contributed by atoms with E-state index in [0.29, 0.717) is 83.2 Å². The summed E-state index contributed by atoms with van der Waals surface area (Å²) in [6.45, 7) is 54.5. The lowest BCUT2D eigenvalue weighted by molar-refractivity contribution is 0.00578. The van der Waals surface area contributed by atoms with E-state index >= 15 is 0 Å². The fourth-order valence-electron chi connectivity index (χ4n) is 19.0. The molecule has 4 saturated heterocycles. The van der Waals surface area contributed by atoms with E-state index in [1.807, 2.05) is 62.5 Å². The van der Waals surface area contributed by atoms with E-state index in [9.17, 15) is 39.6 Å². The molecule has 3 amide bonds. The molecule has 139 heavy (non-hydrogen) atoms. The van der Waals surface area contributed by atoms with Crippen LogP contribution in [0.2, 0.25) is 5.02 Å². The molecule has 7 aliphatic heterocycles. The highest BCUT2D eigenvalue weighted by Gasteiger charge is 2.51. The highest BCUT2D eigenvalue weighted by molar-refractivity contribution is 7.90. The van der Waals surface area contributed by atoms with Crippen LogP contribution in [0.25, 0.3) is 6.08 Å². The van der Waals surface area contributed by atoms with Crippen LogP contribution in [0.4, 0.5) is 34.9 Å². The van der Waals surface area contributed by atoms with Crippen molar-refractivity contribution in [1.82, 2.24) is 59.0 Å². The highest BCUT2D eigenvalue weighted by Crippen LogP contribution is 2.47. The van der Waals surface area contributed by atoms with Gasteiger partial charge in [-0.1, -0.05) is 141 Å². The molecule has 6 N–H and O–H groups in total. The standard InChI is InChI=1S/C33H44N6O3S.C33H42N6O3S.C29H35ClN6O3S.C10H19BO2/c2*1-21(2)17-22-11-14-25(34-19-22)26-15-12-23-18-33(6,7)39(20-23)30-24(13-16-27(36-30)32(3,4)5)31(40)38-43(41,42)29-10-8-9-28(35-26)37-29;1-28(2,3)23-14-11-20-26(33-23)36-17-18(15-29(36,4)5)9-12-22(21-13-10-19(30)16-31-21)32-24-7-6-8-25(34-24)40(38,39)35-27(20)37;1-8(2)7-11-12-9(3,4)10(5,6)13-11/h8-11,13-14,16,19,21,23,26H,12,15,17-18,20H2,1-7H3,(H,35,37)(H,38,40);8-11,13-14,16-17,19,23,26H,12,15,18,20H2,1-7H3,(H,35,37)(H,38,40);6-8,10-11,13-14,16,18,22H,9,12,15,17H2,1-5H3,(H,32,34)(H,35,37);7H,1-6H3/t2*23-,26?;18-,22?;/m000./s1. The number of fused-ring (bicyclic) bond motifs is 18. The van der Waals surface area contributed by atoms with Gasteiger partial charge in [0.05, 0.1) is 68.1 Å². The first-order chi connectivity index (χ1) is 64.7. The van der Waals surface area contributed by atoms with Gasteiger partial charge in [-0.05, 0) is 293 Å². The number of nitrogens with one attached hydrogen (secondary N) is 6. The number of carbonyl (C=O) groups excluding carboxylic acids is 3. The summed E-state index contributed by atoms with van der Waals surface area (Å²) in [6, 6.07) is 36.0. The number of hydrogen-bond acceptors (Lipinski definition) is 26. The van der Waals surface area contributed by atoms with Gasteiger partial charge in [-0.25, -0.2) is 44.1 Å². The molecule has 7 aliphatic rings. The Bertz CT molecular complexity index is 6420. The number of rotatable bonds is 7. The molecule has 29 nitrogen and oxygen atoms in total. The van der Waals surface area contributed by atoms with Crippen molar-refractivity contribution in [3.05, 3.63) is 230 Å². The number of amides is 3. The number of allylic oxidation sites excluding steroid dienone is 2. The largest absolute Gasteiger partial charge is 0.487 e. The van der Waals surface area contributed by atoms with Crippen LogP contribution >= 0.6 is 11.6 Å². The van der Waals surface area contributed by atoms with E-state index in [1.165, 1.54) is 34.9 Å². The molecule has 16 rings (SSSR count). The quantitative estimate of drug-likeness (QED) is 0.0807. The molecule has 16 heterocycles. The Hall–Kier alpha value is -10.8. The van der Waals surface area contributed by atoms with Gasteiger partial charge in [-0.15, -0.1) is 0 Å². The Kier molecular flexibility index (Phi) is 31.1. The Morgan fingerprint density at radius 2 is 0.763 bits per heavy atom. The summed E-state index contributed by atoms with van der Waals surface area (Å²) in [5.74, 6) is 4.05. The average Bonchev–Trinajstić information content (AvgIpc) is 1.64. The first kappa shape index (κ1) is 105. The molecule has 0 aromatic carbocycles. The van der Waals surface area contributed by atoms with Crippen molar-refractivity contribution in [2.45, 2.75) is 315 Å². The second kappa shape index (κ2) is 41.0. The van der Waals surface area contributed by atoms with Gasteiger partial charge >= 0.3 is 7.12 Å². The molecule has 744 valence electrons. The van der Waals surface area contributed by atoms with E-state index in [4.69, 9.17) is 45.8 Å². The van der Waals surface area contributed by atoms with Gasteiger partial charge in [0.1, 0.15) is 34.9 Å². The van der Waals surface area contributed by atoms with Crippen LogP contribution in [0.15, 0.2) is 178 Å². The zero-order valence-corrected chi connectivity index (χ0v) is 88.5. The molecule has 9 aromatic rings. The van der Waals surface area contributed by atoms with E-state index in [1.54, 1.807) is 72.9 Å². The second-order valence-corrected chi connectivity index (χ2v) is 50.2. The fraction of sp³-hybridized carbons (Fsp3) is 0.505. The number of pyridine rings is 9. The summed E-state index contributed by atoms with van der Waals surface area (Å²) in [7, 11) is -13.0. The normalized spacial score (nSPS) is 22.1. The molecule has 0 saturated carbocycles. The van der Waals surface area contributed by atoms with E-state index < -0.39 is 47.8 Å². The van der Waals surface area contributed by atoms with Crippen LogP contribution in [0.3, 0.4) is 0 Å². The average molecular weight is 1970 g/mol. The number of hydrogen-bond donors (Lipinski definition) is 6. The summed E-state index contributed by atoms with van der Waals surface area (Å²) in [5, 5.41) is 10.1. The number of carbonyl (C=O) groups is 3.